The molecule has 21 heavy (non-hydrogen) atoms. The van der Waals surface area contributed by atoms with E-state index in [1.807, 2.05) is 0 Å². The first kappa shape index (κ1) is 14.1. The molecule has 0 aromatic heterocycles. The van der Waals surface area contributed by atoms with Crippen LogP contribution < -0.4 is 5.32 Å². The van der Waals surface area contributed by atoms with Crippen molar-refractivity contribution in [3.05, 3.63) is 71.0 Å². The molecule has 1 nitrogen and oxygen atoms in total. The maximum Gasteiger partial charge on any atom is 0.129 e. The van der Waals surface area contributed by atoms with Crippen molar-refractivity contribution in [3.8, 4) is 0 Å². The highest BCUT2D eigenvalue weighted by atomic mass is 19.1. The van der Waals surface area contributed by atoms with Gasteiger partial charge < -0.3 is 5.32 Å². The number of hydrogen-bond acceptors (Lipinski definition) is 1. The molecule has 2 aromatic rings. The molecular formula is C17H16F3N. The average molecular weight is 291 g/mol. The fourth-order valence-electron chi connectivity index (χ4n) is 3.09. The van der Waals surface area contributed by atoms with Crippen LogP contribution in [0.3, 0.4) is 0 Å². The van der Waals surface area contributed by atoms with E-state index in [-0.39, 0.29) is 17.7 Å². The highest BCUT2D eigenvalue weighted by Crippen LogP contribution is 2.38. The van der Waals surface area contributed by atoms with E-state index in [1.165, 1.54) is 24.3 Å². The molecule has 2 unspecified atom stereocenters. The van der Waals surface area contributed by atoms with Crippen LogP contribution in [0.2, 0.25) is 0 Å². The summed E-state index contributed by atoms with van der Waals surface area (Å²) in [5, 5.41) is 3.29. The van der Waals surface area contributed by atoms with E-state index in [0.717, 1.165) is 24.6 Å². The van der Waals surface area contributed by atoms with E-state index in [4.69, 9.17) is 0 Å². The van der Waals surface area contributed by atoms with Gasteiger partial charge in [-0.2, -0.15) is 0 Å². The Hall–Kier alpha value is -1.81. The van der Waals surface area contributed by atoms with Gasteiger partial charge in [-0.05, 0) is 48.2 Å². The lowest BCUT2D eigenvalue weighted by molar-refractivity contribution is 0.392. The van der Waals surface area contributed by atoms with Gasteiger partial charge in [0.05, 0.1) is 0 Å². The summed E-state index contributed by atoms with van der Waals surface area (Å²) in [7, 11) is 0. The molecule has 3 rings (SSSR count). The maximum absolute atomic E-state index is 14.1. The normalized spacial score (nSPS) is 22.2. The Labute approximate surface area is 121 Å². The quantitative estimate of drug-likeness (QED) is 0.883. The van der Waals surface area contributed by atoms with Crippen LogP contribution in [0.25, 0.3) is 0 Å². The average Bonchev–Trinajstić information content (AvgIpc) is 2.48. The predicted molar refractivity (Wildman–Crippen MR) is 75.7 cm³/mol. The molecule has 1 heterocycles. The Morgan fingerprint density at radius 3 is 2.29 bits per heavy atom. The molecule has 1 aliphatic rings. The summed E-state index contributed by atoms with van der Waals surface area (Å²) in [6.45, 7) is 1.49. The summed E-state index contributed by atoms with van der Waals surface area (Å²) in [6.07, 6.45) is 0.768. The third-order valence-corrected chi connectivity index (χ3v) is 4.14. The molecule has 0 radical (unpaired) electrons. The third kappa shape index (κ3) is 2.95. The smallest absolute Gasteiger partial charge is 0.129 e. The predicted octanol–water partition coefficient (Wildman–Crippen LogP) is 3.96. The van der Waals surface area contributed by atoms with Gasteiger partial charge in [0.15, 0.2) is 0 Å². The second-order valence-corrected chi connectivity index (χ2v) is 5.42. The Balaban J connectivity index is 1.96. The second kappa shape index (κ2) is 5.90. The molecule has 0 aliphatic carbocycles. The van der Waals surface area contributed by atoms with E-state index in [1.54, 1.807) is 12.1 Å². The zero-order valence-electron chi connectivity index (χ0n) is 11.5. The molecule has 4 heteroatoms. The van der Waals surface area contributed by atoms with Gasteiger partial charge in [0.25, 0.3) is 0 Å². The maximum atomic E-state index is 14.1. The topological polar surface area (TPSA) is 12.0 Å². The highest BCUT2D eigenvalue weighted by Gasteiger charge is 2.29. The molecule has 2 atom stereocenters. The molecule has 1 fully saturated rings. The SMILES string of the molecule is Fc1ccc(C2CNCCC2c2ccc(F)cc2F)cc1. The van der Waals surface area contributed by atoms with Crippen LogP contribution in [-0.4, -0.2) is 13.1 Å². The van der Waals surface area contributed by atoms with E-state index in [9.17, 15) is 13.2 Å². The summed E-state index contributed by atoms with van der Waals surface area (Å²) in [5.74, 6) is -1.33. The van der Waals surface area contributed by atoms with Crippen molar-refractivity contribution < 1.29 is 13.2 Å². The van der Waals surface area contributed by atoms with Gasteiger partial charge in [0, 0.05) is 18.5 Å². The first-order valence-corrected chi connectivity index (χ1v) is 7.06. The van der Waals surface area contributed by atoms with Crippen molar-refractivity contribution in [2.45, 2.75) is 18.3 Å². The summed E-state index contributed by atoms with van der Waals surface area (Å²) >= 11 is 0. The summed E-state index contributed by atoms with van der Waals surface area (Å²) in [4.78, 5) is 0. The van der Waals surface area contributed by atoms with Crippen LogP contribution in [0.4, 0.5) is 13.2 Å². The fraction of sp³-hybridized carbons (Fsp3) is 0.294. The van der Waals surface area contributed by atoms with Crippen molar-refractivity contribution in [2.75, 3.05) is 13.1 Å². The molecule has 0 amide bonds. The van der Waals surface area contributed by atoms with Crippen molar-refractivity contribution >= 4 is 0 Å². The number of rotatable bonds is 2. The van der Waals surface area contributed by atoms with Crippen molar-refractivity contribution in [2.24, 2.45) is 0 Å². The van der Waals surface area contributed by atoms with Gasteiger partial charge in [-0.3, -0.25) is 0 Å². The summed E-state index contributed by atoms with van der Waals surface area (Å²) < 4.78 is 40.2. The zero-order chi connectivity index (χ0) is 14.8. The first-order valence-electron chi connectivity index (χ1n) is 7.06. The number of piperidine rings is 1. The minimum atomic E-state index is -0.566. The molecule has 2 aromatic carbocycles. The minimum absolute atomic E-state index is 0.0303. The summed E-state index contributed by atoms with van der Waals surface area (Å²) in [5.41, 5.74) is 1.50. The van der Waals surface area contributed by atoms with E-state index >= 15 is 0 Å². The Kier molecular flexibility index (Phi) is 3.97. The monoisotopic (exact) mass is 291 g/mol. The van der Waals surface area contributed by atoms with Crippen LogP contribution >= 0.6 is 0 Å². The zero-order valence-corrected chi connectivity index (χ0v) is 11.5. The van der Waals surface area contributed by atoms with Crippen LogP contribution in [0, 0.1) is 17.5 Å². The third-order valence-electron chi connectivity index (χ3n) is 4.14. The first-order chi connectivity index (χ1) is 10.1. The number of halogens is 3. The molecule has 1 saturated heterocycles. The molecule has 0 saturated carbocycles. The number of hydrogen-bond donors (Lipinski definition) is 1. The molecule has 0 bridgehead atoms. The lowest BCUT2D eigenvalue weighted by atomic mass is 9.77. The van der Waals surface area contributed by atoms with Gasteiger partial charge in [0.2, 0.25) is 0 Å². The van der Waals surface area contributed by atoms with E-state index in [0.29, 0.717) is 12.1 Å². The van der Waals surface area contributed by atoms with Crippen molar-refractivity contribution in [3.63, 3.8) is 0 Å². The van der Waals surface area contributed by atoms with Crippen LogP contribution in [0.5, 0.6) is 0 Å². The molecule has 0 spiro atoms. The standard InChI is InChI=1S/C17H16F3N/c18-12-3-1-11(2-4-12)16-10-21-8-7-14(16)15-6-5-13(19)9-17(15)20/h1-6,9,14,16,21H,7-8,10H2. The lowest BCUT2D eigenvalue weighted by Crippen LogP contribution is -2.34. The Bertz CT molecular complexity index is 624. The highest BCUT2D eigenvalue weighted by molar-refractivity contribution is 5.31. The van der Waals surface area contributed by atoms with Crippen molar-refractivity contribution in [1.82, 2.24) is 5.32 Å². The fourth-order valence-corrected chi connectivity index (χ4v) is 3.09. The van der Waals surface area contributed by atoms with Crippen LogP contribution in [-0.2, 0) is 0 Å². The molecule has 110 valence electrons. The lowest BCUT2D eigenvalue weighted by Gasteiger charge is -2.33. The Morgan fingerprint density at radius 1 is 0.857 bits per heavy atom. The van der Waals surface area contributed by atoms with Crippen molar-refractivity contribution in [1.29, 1.82) is 0 Å². The van der Waals surface area contributed by atoms with E-state index < -0.39 is 11.6 Å². The van der Waals surface area contributed by atoms with Gasteiger partial charge in [-0.15, -0.1) is 0 Å². The molecule has 1 aliphatic heterocycles. The molecular weight excluding hydrogens is 275 g/mol. The summed E-state index contributed by atoms with van der Waals surface area (Å²) in [6, 6.07) is 10.1. The Morgan fingerprint density at radius 2 is 1.57 bits per heavy atom. The van der Waals surface area contributed by atoms with Gasteiger partial charge in [-0.1, -0.05) is 18.2 Å². The largest absolute Gasteiger partial charge is 0.316 e. The van der Waals surface area contributed by atoms with Crippen LogP contribution in [0.15, 0.2) is 42.5 Å². The molecule has 1 N–H and O–H groups in total. The minimum Gasteiger partial charge on any atom is -0.316 e. The van der Waals surface area contributed by atoms with Gasteiger partial charge in [-0.25, -0.2) is 13.2 Å². The van der Waals surface area contributed by atoms with Gasteiger partial charge in [0.1, 0.15) is 17.5 Å². The van der Waals surface area contributed by atoms with Gasteiger partial charge >= 0.3 is 0 Å². The number of nitrogens with one attached hydrogen (secondary N) is 1. The number of benzene rings is 2. The van der Waals surface area contributed by atoms with Crippen LogP contribution in [0.1, 0.15) is 29.4 Å². The van der Waals surface area contributed by atoms with E-state index in [2.05, 4.69) is 5.32 Å². The second-order valence-electron chi connectivity index (χ2n) is 5.42.